The minimum Gasteiger partial charge on any atom is -0.484 e. The molecule has 3 aromatic carbocycles. The van der Waals surface area contributed by atoms with Gasteiger partial charge in [0.05, 0.1) is 0 Å². The van der Waals surface area contributed by atoms with Crippen molar-refractivity contribution in [3.63, 3.8) is 0 Å². The molecular formula is C27H30N2O3. The lowest BCUT2D eigenvalue weighted by atomic mass is 10.0. The zero-order valence-electron chi connectivity index (χ0n) is 18.9. The minimum atomic E-state index is -0.657. The van der Waals surface area contributed by atoms with Gasteiger partial charge in [-0.05, 0) is 48.2 Å². The van der Waals surface area contributed by atoms with Crippen LogP contribution in [0.5, 0.6) is 5.75 Å². The monoisotopic (exact) mass is 430 g/mol. The van der Waals surface area contributed by atoms with E-state index >= 15 is 0 Å². The lowest BCUT2D eigenvalue weighted by Gasteiger charge is -2.31. The maximum absolute atomic E-state index is 13.4. The third-order valence-corrected chi connectivity index (χ3v) is 5.47. The van der Waals surface area contributed by atoms with E-state index in [1.54, 1.807) is 11.9 Å². The number of rotatable bonds is 9. The van der Waals surface area contributed by atoms with Gasteiger partial charge in [0.15, 0.2) is 6.61 Å². The highest BCUT2D eigenvalue weighted by Crippen LogP contribution is 2.18. The van der Waals surface area contributed by atoms with Crippen LogP contribution in [0.4, 0.5) is 0 Å². The van der Waals surface area contributed by atoms with Gasteiger partial charge in [0, 0.05) is 20.0 Å². The van der Waals surface area contributed by atoms with E-state index in [1.807, 2.05) is 92.7 Å². The van der Waals surface area contributed by atoms with Crippen LogP contribution < -0.4 is 10.1 Å². The summed E-state index contributed by atoms with van der Waals surface area (Å²) < 4.78 is 5.79. The Labute approximate surface area is 190 Å². The molecule has 166 valence electrons. The van der Waals surface area contributed by atoms with E-state index < -0.39 is 6.04 Å². The van der Waals surface area contributed by atoms with Gasteiger partial charge in [-0.3, -0.25) is 9.59 Å². The first-order chi connectivity index (χ1) is 15.5. The second-order valence-corrected chi connectivity index (χ2v) is 7.87. The summed E-state index contributed by atoms with van der Waals surface area (Å²) in [5, 5.41) is 2.73. The highest BCUT2D eigenvalue weighted by molar-refractivity contribution is 5.88. The van der Waals surface area contributed by atoms with Crippen LogP contribution in [0.15, 0.2) is 78.9 Å². The Bertz CT molecular complexity index is 1050. The Hall–Kier alpha value is -3.60. The Kier molecular flexibility index (Phi) is 8.03. The second-order valence-electron chi connectivity index (χ2n) is 7.87. The van der Waals surface area contributed by atoms with Gasteiger partial charge in [0.2, 0.25) is 5.91 Å². The number of hydrogen-bond donors (Lipinski definition) is 1. The van der Waals surface area contributed by atoms with E-state index in [1.165, 1.54) is 0 Å². The number of carbonyl (C=O) groups excluding carboxylic acids is 2. The SMILES string of the molecule is CNC(=O)C(Cc1ccccc1)N(Cc1ccccc1C)C(=O)COc1cccc(C)c1. The van der Waals surface area contributed by atoms with E-state index in [4.69, 9.17) is 4.74 Å². The predicted molar refractivity (Wildman–Crippen MR) is 126 cm³/mol. The fourth-order valence-corrected chi connectivity index (χ4v) is 3.62. The van der Waals surface area contributed by atoms with Crippen molar-refractivity contribution in [2.24, 2.45) is 0 Å². The summed E-state index contributed by atoms with van der Waals surface area (Å²) in [6, 6.07) is 24.6. The summed E-state index contributed by atoms with van der Waals surface area (Å²) in [5.74, 6) is 0.194. The Balaban J connectivity index is 1.88. The topological polar surface area (TPSA) is 58.6 Å². The van der Waals surface area contributed by atoms with Crippen LogP contribution in [-0.2, 0) is 22.6 Å². The molecular weight excluding hydrogens is 400 g/mol. The summed E-state index contributed by atoms with van der Waals surface area (Å²) in [6.45, 7) is 4.17. The number of likely N-dealkylation sites (N-methyl/N-ethyl adjacent to an activating group) is 1. The molecule has 1 unspecified atom stereocenters. The molecule has 1 atom stereocenters. The van der Waals surface area contributed by atoms with Crippen LogP contribution in [0.2, 0.25) is 0 Å². The quantitative estimate of drug-likeness (QED) is 0.557. The van der Waals surface area contributed by atoms with Crippen LogP contribution in [0.1, 0.15) is 22.3 Å². The van der Waals surface area contributed by atoms with Crippen molar-refractivity contribution in [3.8, 4) is 5.75 Å². The number of ether oxygens (including phenoxy) is 1. The highest BCUT2D eigenvalue weighted by atomic mass is 16.5. The number of nitrogens with zero attached hydrogens (tertiary/aromatic N) is 1. The fourth-order valence-electron chi connectivity index (χ4n) is 3.62. The third-order valence-electron chi connectivity index (χ3n) is 5.47. The van der Waals surface area contributed by atoms with E-state index in [9.17, 15) is 9.59 Å². The van der Waals surface area contributed by atoms with Crippen molar-refractivity contribution in [2.75, 3.05) is 13.7 Å². The average Bonchev–Trinajstić information content (AvgIpc) is 2.81. The zero-order valence-corrected chi connectivity index (χ0v) is 18.9. The predicted octanol–water partition coefficient (Wildman–Crippen LogP) is 4.07. The molecule has 5 heteroatoms. The van der Waals surface area contributed by atoms with Crippen LogP contribution in [0, 0.1) is 13.8 Å². The number of aryl methyl sites for hydroxylation is 2. The van der Waals surface area contributed by atoms with Crippen molar-refractivity contribution in [1.82, 2.24) is 10.2 Å². The van der Waals surface area contributed by atoms with Crippen LogP contribution in [0.3, 0.4) is 0 Å². The number of nitrogens with one attached hydrogen (secondary N) is 1. The Morgan fingerprint density at radius 1 is 0.938 bits per heavy atom. The normalized spacial score (nSPS) is 11.5. The molecule has 0 aromatic heterocycles. The van der Waals surface area contributed by atoms with Gasteiger partial charge < -0.3 is 15.0 Å². The van der Waals surface area contributed by atoms with Gasteiger partial charge >= 0.3 is 0 Å². The first kappa shape index (κ1) is 23.1. The van der Waals surface area contributed by atoms with E-state index in [-0.39, 0.29) is 18.4 Å². The van der Waals surface area contributed by atoms with E-state index in [0.717, 1.165) is 22.3 Å². The second kappa shape index (κ2) is 11.1. The molecule has 0 aliphatic heterocycles. The number of hydrogen-bond acceptors (Lipinski definition) is 3. The summed E-state index contributed by atoms with van der Waals surface area (Å²) >= 11 is 0. The molecule has 0 heterocycles. The van der Waals surface area contributed by atoms with Crippen LogP contribution >= 0.6 is 0 Å². The van der Waals surface area contributed by atoms with Gasteiger partial charge in [-0.15, -0.1) is 0 Å². The first-order valence-corrected chi connectivity index (χ1v) is 10.8. The summed E-state index contributed by atoms with van der Waals surface area (Å²) in [4.78, 5) is 27.9. The molecule has 0 fully saturated rings. The first-order valence-electron chi connectivity index (χ1n) is 10.8. The maximum Gasteiger partial charge on any atom is 0.261 e. The molecule has 0 saturated heterocycles. The van der Waals surface area contributed by atoms with Crippen molar-refractivity contribution in [3.05, 3.63) is 101 Å². The molecule has 3 rings (SSSR count). The molecule has 0 spiro atoms. The summed E-state index contributed by atoms with van der Waals surface area (Å²) in [5.41, 5.74) is 4.11. The van der Waals surface area contributed by atoms with E-state index in [2.05, 4.69) is 5.32 Å². The Morgan fingerprint density at radius 3 is 2.34 bits per heavy atom. The molecule has 0 aliphatic carbocycles. The lowest BCUT2D eigenvalue weighted by Crippen LogP contribution is -2.51. The molecule has 1 N–H and O–H groups in total. The van der Waals surface area contributed by atoms with Gasteiger partial charge in [0.1, 0.15) is 11.8 Å². The fraction of sp³-hybridized carbons (Fsp3) is 0.259. The third kappa shape index (κ3) is 6.20. The molecule has 0 aliphatic rings. The molecule has 0 saturated carbocycles. The molecule has 0 bridgehead atoms. The van der Waals surface area contributed by atoms with Crippen LogP contribution in [0.25, 0.3) is 0 Å². The van der Waals surface area contributed by atoms with Gasteiger partial charge in [-0.1, -0.05) is 66.7 Å². The molecule has 0 radical (unpaired) electrons. The van der Waals surface area contributed by atoms with Crippen molar-refractivity contribution in [1.29, 1.82) is 0 Å². The molecule has 2 amide bonds. The van der Waals surface area contributed by atoms with Gasteiger partial charge in [-0.25, -0.2) is 0 Å². The molecule has 32 heavy (non-hydrogen) atoms. The van der Waals surface area contributed by atoms with Crippen molar-refractivity contribution < 1.29 is 14.3 Å². The van der Waals surface area contributed by atoms with E-state index in [0.29, 0.717) is 18.7 Å². The lowest BCUT2D eigenvalue weighted by molar-refractivity contribution is -0.142. The number of carbonyl (C=O) groups is 2. The van der Waals surface area contributed by atoms with Gasteiger partial charge in [-0.2, -0.15) is 0 Å². The number of benzene rings is 3. The van der Waals surface area contributed by atoms with Crippen molar-refractivity contribution >= 4 is 11.8 Å². The standard InChI is InChI=1S/C27H30N2O3/c1-20-10-9-15-24(16-20)32-19-26(30)29(18-23-14-8-7-11-21(23)2)25(27(31)28-3)17-22-12-5-4-6-13-22/h4-16,25H,17-19H2,1-3H3,(H,28,31). The largest absolute Gasteiger partial charge is 0.484 e. The minimum absolute atomic E-state index is 0.141. The van der Waals surface area contributed by atoms with Gasteiger partial charge in [0.25, 0.3) is 5.91 Å². The zero-order chi connectivity index (χ0) is 22.9. The van der Waals surface area contributed by atoms with Crippen molar-refractivity contribution in [2.45, 2.75) is 32.9 Å². The molecule has 3 aromatic rings. The average molecular weight is 431 g/mol. The highest BCUT2D eigenvalue weighted by Gasteiger charge is 2.30. The van der Waals surface area contributed by atoms with Crippen LogP contribution in [-0.4, -0.2) is 36.4 Å². The Morgan fingerprint density at radius 2 is 1.66 bits per heavy atom. The molecule has 5 nitrogen and oxygen atoms in total. The number of amides is 2. The smallest absolute Gasteiger partial charge is 0.261 e. The maximum atomic E-state index is 13.4. The summed E-state index contributed by atoms with van der Waals surface area (Å²) in [6.07, 6.45) is 0.419. The summed E-state index contributed by atoms with van der Waals surface area (Å²) in [7, 11) is 1.60.